The maximum atomic E-state index is 12.5. The molecule has 0 amide bonds. The summed E-state index contributed by atoms with van der Waals surface area (Å²) < 4.78 is 28.5. The first kappa shape index (κ1) is 8.93. The molecule has 0 unspecified atom stereocenters. The molecule has 0 heterocycles. The van der Waals surface area contributed by atoms with Gasteiger partial charge in [0.15, 0.2) is 11.6 Å². The second-order valence-electron chi connectivity index (χ2n) is 1.99. The number of carbonyl (C=O) groups excluding carboxylic acids is 1. The predicted molar refractivity (Wildman–Crippen MR) is 37.6 cm³/mol. The van der Waals surface area contributed by atoms with E-state index in [4.69, 9.17) is 11.9 Å². The summed E-state index contributed by atoms with van der Waals surface area (Å²) in [4.78, 5) is 10.6. The molecule has 0 aromatic heterocycles. The molecule has 0 saturated carbocycles. The lowest BCUT2D eigenvalue weighted by Crippen LogP contribution is -1.99. The average molecular weight is 193 g/mol. The van der Waals surface area contributed by atoms with Crippen LogP contribution in [-0.4, -0.2) is 5.97 Å². The molecule has 1 aromatic carbocycles. The van der Waals surface area contributed by atoms with Crippen molar-refractivity contribution in [1.82, 2.24) is 0 Å². The number of carbonyl (C=O) groups is 1. The third-order valence-electron chi connectivity index (χ3n) is 1.23. The van der Waals surface area contributed by atoms with E-state index in [9.17, 15) is 13.6 Å². The molecular weight excluding hydrogens is 190 g/mol. The van der Waals surface area contributed by atoms with Crippen LogP contribution < -0.4 is 0 Å². The van der Waals surface area contributed by atoms with Gasteiger partial charge in [-0.2, -0.15) is 0 Å². The highest BCUT2D eigenvalue weighted by Crippen LogP contribution is 2.09. The molecule has 1 rings (SSSR count). The van der Waals surface area contributed by atoms with E-state index in [2.05, 4.69) is 4.29 Å². The Morgan fingerprint density at radius 1 is 1.33 bits per heavy atom. The summed E-state index contributed by atoms with van der Waals surface area (Å²) in [5, 5.41) is 0. The number of hydrogen-bond donors (Lipinski definition) is 0. The molecule has 0 atom stereocenters. The molecule has 0 radical (unpaired) electrons. The first-order chi connectivity index (χ1) is 5.65. The van der Waals surface area contributed by atoms with E-state index < -0.39 is 17.6 Å². The van der Waals surface area contributed by atoms with Crippen molar-refractivity contribution in [2.75, 3.05) is 0 Å². The SMILES string of the molecule is O=C(OCl)c1ccc(F)c(F)c1. The average Bonchev–Trinajstić information content (AvgIpc) is 2.08. The number of halogens is 3. The fraction of sp³-hybridized carbons (Fsp3) is 0. The van der Waals surface area contributed by atoms with Gasteiger partial charge in [-0.15, -0.1) is 0 Å². The van der Waals surface area contributed by atoms with Crippen LogP contribution in [-0.2, 0) is 4.29 Å². The van der Waals surface area contributed by atoms with Crippen molar-refractivity contribution >= 4 is 17.8 Å². The molecule has 0 saturated heterocycles. The highest BCUT2D eigenvalue weighted by atomic mass is 35.5. The van der Waals surface area contributed by atoms with Gasteiger partial charge >= 0.3 is 5.97 Å². The van der Waals surface area contributed by atoms with Gasteiger partial charge in [0.05, 0.1) is 5.56 Å². The highest BCUT2D eigenvalue weighted by Gasteiger charge is 2.09. The van der Waals surface area contributed by atoms with Gasteiger partial charge in [0, 0.05) is 0 Å². The van der Waals surface area contributed by atoms with Crippen molar-refractivity contribution in [1.29, 1.82) is 0 Å². The van der Waals surface area contributed by atoms with Crippen LogP contribution in [0.3, 0.4) is 0 Å². The van der Waals surface area contributed by atoms with E-state index in [0.29, 0.717) is 6.07 Å². The second kappa shape index (κ2) is 3.49. The van der Waals surface area contributed by atoms with E-state index in [-0.39, 0.29) is 5.56 Å². The van der Waals surface area contributed by atoms with Gasteiger partial charge in [0.25, 0.3) is 0 Å². The summed E-state index contributed by atoms with van der Waals surface area (Å²) in [5.41, 5.74) is -0.135. The van der Waals surface area contributed by atoms with E-state index in [1.54, 1.807) is 0 Å². The number of rotatable bonds is 1. The van der Waals surface area contributed by atoms with Crippen LogP contribution in [0.1, 0.15) is 10.4 Å². The van der Waals surface area contributed by atoms with Gasteiger partial charge in [-0.25, -0.2) is 13.6 Å². The van der Waals surface area contributed by atoms with Crippen LogP contribution in [0.4, 0.5) is 8.78 Å². The molecule has 2 nitrogen and oxygen atoms in total. The van der Waals surface area contributed by atoms with Crippen LogP contribution in [0, 0.1) is 11.6 Å². The first-order valence-corrected chi connectivity index (χ1v) is 3.24. The van der Waals surface area contributed by atoms with Crippen molar-refractivity contribution in [3.05, 3.63) is 35.4 Å². The van der Waals surface area contributed by atoms with Crippen molar-refractivity contribution in [3.8, 4) is 0 Å². The van der Waals surface area contributed by atoms with Gasteiger partial charge < -0.3 is 4.29 Å². The van der Waals surface area contributed by atoms with Gasteiger partial charge in [0.2, 0.25) is 0 Å². The molecule has 0 fully saturated rings. The quantitative estimate of drug-likeness (QED) is 0.682. The third-order valence-corrected chi connectivity index (χ3v) is 1.37. The molecule has 12 heavy (non-hydrogen) atoms. The summed E-state index contributed by atoms with van der Waals surface area (Å²) in [6.45, 7) is 0. The van der Waals surface area contributed by atoms with Crippen molar-refractivity contribution in [3.63, 3.8) is 0 Å². The molecule has 0 aliphatic heterocycles. The molecule has 1 aromatic rings. The second-order valence-corrected chi connectivity index (χ2v) is 2.15. The van der Waals surface area contributed by atoms with E-state index in [1.165, 1.54) is 0 Å². The molecule has 0 spiro atoms. The summed E-state index contributed by atoms with van der Waals surface area (Å²) in [6.07, 6.45) is 0. The Hall–Kier alpha value is -1.16. The van der Waals surface area contributed by atoms with Gasteiger partial charge in [-0.05, 0) is 18.2 Å². The minimum atomic E-state index is -1.12. The fourth-order valence-corrected chi connectivity index (χ4v) is 0.757. The van der Waals surface area contributed by atoms with Gasteiger partial charge in [0.1, 0.15) is 11.9 Å². The maximum absolute atomic E-state index is 12.5. The van der Waals surface area contributed by atoms with Crippen molar-refractivity contribution in [2.45, 2.75) is 0 Å². The molecule has 0 N–H and O–H groups in total. The monoisotopic (exact) mass is 192 g/mol. The van der Waals surface area contributed by atoms with Crippen LogP contribution in [0.25, 0.3) is 0 Å². The zero-order valence-corrected chi connectivity index (χ0v) is 6.44. The number of hydrogen-bond acceptors (Lipinski definition) is 2. The Bertz CT molecular complexity index is 314. The number of benzene rings is 1. The minimum Gasteiger partial charge on any atom is -0.343 e. The first-order valence-electron chi connectivity index (χ1n) is 2.93. The van der Waals surface area contributed by atoms with E-state index in [1.807, 2.05) is 0 Å². The smallest absolute Gasteiger partial charge is 0.343 e. The normalized spacial score (nSPS) is 9.58. The summed E-state index contributed by atoms with van der Waals surface area (Å²) >= 11 is 4.71. The predicted octanol–water partition coefficient (Wildman–Crippen LogP) is 2.28. The molecule has 5 heteroatoms. The molecule has 64 valence electrons. The zero-order chi connectivity index (χ0) is 9.14. The third kappa shape index (κ3) is 1.71. The van der Waals surface area contributed by atoms with Crippen LogP contribution >= 0.6 is 11.9 Å². The van der Waals surface area contributed by atoms with E-state index >= 15 is 0 Å². The van der Waals surface area contributed by atoms with Gasteiger partial charge in [-0.3, -0.25) is 0 Å². The molecular formula is C7H3ClF2O2. The maximum Gasteiger partial charge on any atom is 0.356 e. The lowest BCUT2D eigenvalue weighted by molar-refractivity contribution is 0.0750. The topological polar surface area (TPSA) is 26.3 Å². The van der Waals surface area contributed by atoms with Crippen LogP contribution in [0.5, 0.6) is 0 Å². The Balaban J connectivity index is 3.05. The van der Waals surface area contributed by atoms with E-state index in [0.717, 1.165) is 12.1 Å². The standard InChI is InChI=1S/C7H3ClF2O2/c8-12-7(11)4-1-2-5(9)6(10)3-4/h1-3H. The molecule has 0 bridgehead atoms. The highest BCUT2D eigenvalue weighted by molar-refractivity contribution is 6.15. The summed E-state index contributed by atoms with van der Waals surface area (Å²) in [7, 11) is 0. The minimum absolute atomic E-state index is 0.135. The van der Waals surface area contributed by atoms with Gasteiger partial charge in [-0.1, -0.05) is 0 Å². The summed E-state index contributed by atoms with van der Waals surface area (Å²) in [6, 6.07) is 2.60. The Kier molecular flexibility index (Phi) is 2.60. The molecule has 0 aliphatic carbocycles. The lowest BCUT2D eigenvalue weighted by atomic mass is 10.2. The van der Waals surface area contributed by atoms with Crippen molar-refractivity contribution < 1.29 is 17.9 Å². The Morgan fingerprint density at radius 2 is 2.00 bits per heavy atom. The fourth-order valence-electron chi connectivity index (χ4n) is 0.668. The van der Waals surface area contributed by atoms with Crippen LogP contribution in [0.2, 0.25) is 0 Å². The lowest BCUT2D eigenvalue weighted by Gasteiger charge is -1.96. The van der Waals surface area contributed by atoms with Crippen LogP contribution in [0.15, 0.2) is 18.2 Å². The van der Waals surface area contributed by atoms with Crippen molar-refractivity contribution in [2.24, 2.45) is 0 Å². The Morgan fingerprint density at radius 3 is 2.50 bits per heavy atom. The largest absolute Gasteiger partial charge is 0.356 e. The Labute approximate surface area is 71.9 Å². The molecule has 0 aliphatic rings. The zero-order valence-electron chi connectivity index (χ0n) is 5.68. The summed E-state index contributed by atoms with van der Waals surface area (Å²) in [5.74, 6) is -3.06.